The molecule has 0 radical (unpaired) electrons. The van der Waals surface area contributed by atoms with Crippen molar-refractivity contribution < 1.29 is 14.3 Å². The van der Waals surface area contributed by atoms with Crippen molar-refractivity contribution in [2.24, 2.45) is 0 Å². The normalized spacial score (nSPS) is 11.7. The van der Waals surface area contributed by atoms with Crippen molar-refractivity contribution in [1.82, 2.24) is 19.6 Å². The van der Waals surface area contributed by atoms with Gasteiger partial charge in [-0.1, -0.05) is 24.6 Å². The lowest BCUT2D eigenvalue weighted by Gasteiger charge is -2.19. The van der Waals surface area contributed by atoms with Crippen LogP contribution in [0.4, 0.5) is 11.5 Å². The highest BCUT2D eigenvalue weighted by Gasteiger charge is 2.17. The van der Waals surface area contributed by atoms with E-state index in [-0.39, 0.29) is 18.2 Å². The van der Waals surface area contributed by atoms with Gasteiger partial charge in [0.05, 0.1) is 11.0 Å². The van der Waals surface area contributed by atoms with E-state index in [1.54, 1.807) is 6.07 Å². The first-order valence-corrected chi connectivity index (χ1v) is 12.6. The van der Waals surface area contributed by atoms with Crippen LogP contribution in [0.25, 0.3) is 16.7 Å². The number of fused-ring (bicyclic) bond motifs is 3. The Kier molecular flexibility index (Phi) is 7.71. The van der Waals surface area contributed by atoms with Gasteiger partial charge in [-0.3, -0.25) is 14.0 Å². The lowest BCUT2D eigenvalue weighted by molar-refractivity contribution is -0.154. The van der Waals surface area contributed by atoms with Crippen molar-refractivity contribution in [2.75, 3.05) is 17.6 Å². The fourth-order valence-electron chi connectivity index (χ4n) is 4.21. The minimum absolute atomic E-state index is 0.0262. The first-order valence-electron chi connectivity index (χ1n) is 12.6. The number of carbonyl (C=O) groups excluding carboxylic acids is 2. The van der Waals surface area contributed by atoms with Crippen LogP contribution in [0.2, 0.25) is 0 Å². The number of anilines is 2. The molecule has 4 aromatic rings. The summed E-state index contributed by atoms with van der Waals surface area (Å²) in [6, 6.07) is 12.9. The van der Waals surface area contributed by atoms with E-state index in [1.807, 2.05) is 68.5 Å². The first kappa shape index (κ1) is 26.1. The van der Waals surface area contributed by atoms with E-state index in [2.05, 4.69) is 15.5 Å². The SMILES string of the molecule is Cc1nnc2c(NCCCCCC(=O)OC(C)(C)C)nc3cc(C(=O)Cc4ccccc4N)ccc3n12. The number of esters is 1. The van der Waals surface area contributed by atoms with Crippen molar-refractivity contribution in [2.45, 2.75) is 65.4 Å². The molecule has 0 aliphatic rings. The lowest BCUT2D eigenvalue weighted by atomic mass is 10.0. The number of benzene rings is 2. The smallest absolute Gasteiger partial charge is 0.306 e. The number of aryl methyl sites for hydroxylation is 1. The maximum atomic E-state index is 13.0. The third kappa shape index (κ3) is 6.41. The second-order valence-corrected chi connectivity index (χ2v) is 10.2. The number of unbranched alkanes of at least 4 members (excludes halogenated alkanes) is 2. The lowest BCUT2D eigenvalue weighted by Crippen LogP contribution is -2.23. The largest absolute Gasteiger partial charge is 0.460 e. The van der Waals surface area contributed by atoms with Crippen LogP contribution in [0.1, 0.15) is 68.2 Å². The summed E-state index contributed by atoms with van der Waals surface area (Å²) in [6.07, 6.45) is 3.13. The number of rotatable bonds is 10. The molecule has 2 aromatic carbocycles. The Morgan fingerprint density at radius 3 is 2.59 bits per heavy atom. The van der Waals surface area contributed by atoms with Gasteiger partial charge in [-0.15, -0.1) is 10.2 Å². The summed E-state index contributed by atoms with van der Waals surface area (Å²) in [5, 5.41) is 11.9. The predicted octanol–water partition coefficient (Wildman–Crippen LogP) is 4.91. The van der Waals surface area contributed by atoms with Gasteiger partial charge in [-0.2, -0.15) is 0 Å². The molecule has 194 valence electrons. The summed E-state index contributed by atoms with van der Waals surface area (Å²) in [6.45, 7) is 8.17. The number of nitrogen functional groups attached to an aromatic ring is 1. The van der Waals surface area contributed by atoms with Crippen molar-refractivity contribution >= 4 is 39.9 Å². The summed E-state index contributed by atoms with van der Waals surface area (Å²) < 4.78 is 7.30. The van der Waals surface area contributed by atoms with E-state index in [9.17, 15) is 9.59 Å². The van der Waals surface area contributed by atoms with E-state index in [0.717, 1.165) is 36.2 Å². The second-order valence-electron chi connectivity index (χ2n) is 10.2. The average molecular weight is 503 g/mol. The monoisotopic (exact) mass is 502 g/mol. The Morgan fingerprint density at radius 2 is 1.84 bits per heavy atom. The topological polar surface area (TPSA) is 124 Å². The van der Waals surface area contributed by atoms with Gasteiger partial charge in [0.25, 0.3) is 0 Å². The van der Waals surface area contributed by atoms with E-state index in [1.165, 1.54) is 0 Å². The van der Waals surface area contributed by atoms with Crippen LogP contribution in [-0.2, 0) is 16.0 Å². The molecule has 0 unspecified atom stereocenters. The first-order chi connectivity index (χ1) is 17.6. The zero-order valence-electron chi connectivity index (χ0n) is 21.9. The van der Waals surface area contributed by atoms with Crippen LogP contribution in [-0.4, -0.2) is 43.5 Å². The number of nitrogens with zero attached hydrogens (tertiary/aromatic N) is 4. The number of para-hydroxylation sites is 1. The van der Waals surface area contributed by atoms with Crippen LogP contribution < -0.4 is 11.1 Å². The Balaban J connectivity index is 1.46. The van der Waals surface area contributed by atoms with Crippen LogP contribution in [0.5, 0.6) is 0 Å². The molecule has 0 amide bonds. The number of hydrogen-bond acceptors (Lipinski definition) is 8. The molecule has 0 saturated heterocycles. The molecular weight excluding hydrogens is 468 g/mol. The molecule has 0 aliphatic heterocycles. The fraction of sp³-hybridized carbons (Fsp3) is 0.393. The molecule has 37 heavy (non-hydrogen) atoms. The van der Waals surface area contributed by atoms with Gasteiger partial charge in [0.1, 0.15) is 11.4 Å². The fourth-order valence-corrected chi connectivity index (χ4v) is 4.21. The van der Waals surface area contributed by atoms with Crippen LogP contribution in [0.3, 0.4) is 0 Å². The van der Waals surface area contributed by atoms with Crippen LogP contribution >= 0.6 is 0 Å². The minimum atomic E-state index is -0.457. The summed E-state index contributed by atoms with van der Waals surface area (Å²) >= 11 is 0. The summed E-state index contributed by atoms with van der Waals surface area (Å²) in [5.74, 6) is 1.15. The van der Waals surface area contributed by atoms with Gasteiger partial charge in [0.15, 0.2) is 11.6 Å². The van der Waals surface area contributed by atoms with Gasteiger partial charge in [0, 0.05) is 30.6 Å². The van der Waals surface area contributed by atoms with E-state index < -0.39 is 5.60 Å². The highest BCUT2D eigenvalue weighted by atomic mass is 16.6. The van der Waals surface area contributed by atoms with Gasteiger partial charge in [-0.25, -0.2) is 4.98 Å². The molecular formula is C28H34N6O3. The van der Waals surface area contributed by atoms with E-state index in [4.69, 9.17) is 15.5 Å². The van der Waals surface area contributed by atoms with Gasteiger partial charge < -0.3 is 15.8 Å². The molecule has 0 saturated carbocycles. The average Bonchev–Trinajstić information content (AvgIpc) is 3.23. The Hall–Kier alpha value is -4.01. The molecule has 4 rings (SSSR count). The van der Waals surface area contributed by atoms with Crippen LogP contribution in [0.15, 0.2) is 42.5 Å². The molecule has 0 atom stereocenters. The number of nitrogens with one attached hydrogen (secondary N) is 1. The molecule has 2 heterocycles. The van der Waals surface area contributed by atoms with Crippen molar-refractivity contribution in [3.05, 3.63) is 59.4 Å². The van der Waals surface area contributed by atoms with E-state index in [0.29, 0.717) is 41.2 Å². The van der Waals surface area contributed by atoms with Gasteiger partial charge in [-0.05, 0) is 70.4 Å². The summed E-state index contributed by atoms with van der Waals surface area (Å²) in [7, 11) is 0. The number of ketones is 1. The molecule has 0 bridgehead atoms. The second kappa shape index (κ2) is 10.9. The summed E-state index contributed by atoms with van der Waals surface area (Å²) in [4.78, 5) is 29.7. The van der Waals surface area contributed by atoms with Gasteiger partial charge in [0.2, 0.25) is 5.65 Å². The summed E-state index contributed by atoms with van der Waals surface area (Å²) in [5.41, 5.74) is 9.69. The number of aromatic nitrogens is 4. The molecule has 0 spiro atoms. The standard InChI is InChI=1S/C28H34N6O3/c1-18-32-33-27-26(30-15-9-5-6-12-25(36)37-28(2,3)4)31-22-16-20(13-14-23(22)34(18)27)24(35)17-19-10-7-8-11-21(19)29/h7-8,10-11,13-14,16H,5-6,9,12,15,17,29H2,1-4H3,(H,30,31). The number of carbonyl (C=O) groups is 2. The van der Waals surface area contributed by atoms with Crippen LogP contribution in [0, 0.1) is 6.92 Å². The molecule has 0 fully saturated rings. The highest BCUT2D eigenvalue weighted by Crippen LogP contribution is 2.24. The molecule has 0 aliphatic carbocycles. The van der Waals surface area contributed by atoms with Crippen molar-refractivity contribution in [1.29, 1.82) is 0 Å². The Labute approximate surface area is 216 Å². The number of hydrogen-bond donors (Lipinski definition) is 2. The maximum absolute atomic E-state index is 13.0. The Morgan fingerprint density at radius 1 is 1.05 bits per heavy atom. The van der Waals surface area contributed by atoms with E-state index >= 15 is 0 Å². The zero-order valence-corrected chi connectivity index (χ0v) is 21.9. The van der Waals surface area contributed by atoms with Crippen molar-refractivity contribution in [3.8, 4) is 0 Å². The maximum Gasteiger partial charge on any atom is 0.306 e. The third-order valence-corrected chi connectivity index (χ3v) is 5.98. The minimum Gasteiger partial charge on any atom is -0.460 e. The molecule has 9 nitrogen and oxygen atoms in total. The molecule has 9 heteroatoms. The quantitative estimate of drug-likeness (QED) is 0.136. The third-order valence-electron chi connectivity index (χ3n) is 5.98. The molecule has 3 N–H and O–H groups in total. The Bertz CT molecular complexity index is 1440. The number of Topliss-reactive ketones (excluding diaryl/α,β-unsaturated/α-hetero) is 1. The number of nitrogens with two attached hydrogens (primary N) is 1. The highest BCUT2D eigenvalue weighted by molar-refractivity contribution is 6.01. The molecule has 2 aromatic heterocycles. The van der Waals surface area contributed by atoms with Crippen molar-refractivity contribution in [3.63, 3.8) is 0 Å². The number of ether oxygens (including phenoxy) is 1. The van der Waals surface area contributed by atoms with Gasteiger partial charge >= 0.3 is 5.97 Å². The zero-order chi connectivity index (χ0) is 26.6. The predicted molar refractivity (Wildman–Crippen MR) is 145 cm³/mol.